The molecule has 0 aliphatic carbocycles. The van der Waals surface area contributed by atoms with Gasteiger partial charge in [0.15, 0.2) is 6.21 Å². The number of benzene rings is 1. The Morgan fingerprint density at radius 1 is 1.00 bits per heavy atom. The number of nitrogens with zero attached hydrogens (tertiary/aromatic N) is 1. The Bertz CT molecular complexity index is 376. The topological polar surface area (TPSA) is 3.01 Å². The van der Waals surface area contributed by atoms with Gasteiger partial charge in [0.1, 0.15) is 13.1 Å². The van der Waals surface area contributed by atoms with Crippen molar-refractivity contribution in [3.8, 4) is 0 Å². The van der Waals surface area contributed by atoms with Crippen LogP contribution in [0.2, 0.25) is 0 Å². The molecule has 94 valence electrons. The Morgan fingerprint density at radius 3 is 2.00 bits per heavy atom. The zero-order valence-corrected chi connectivity index (χ0v) is 11.8. The van der Waals surface area contributed by atoms with E-state index >= 15 is 0 Å². The van der Waals surface area contributed by atoms with Gasteiger partial charge in [-0.3, -0.25) is 0 Å². The molecule has 0 spiro atoms. The highest BCUT2D eigenvalue weighted by atomic mass is 35.5. The average molecular weight is 252 g/mol. The van der Waals surface area contributed by atoms with Gasteiger partial charge in [0.05, 0.1) is 0 Å². The summed E-state index contributed by atoms with van der Waals surface area (Å²) in [6, 6.07) is 8.97. The summed E-state index contributed by atoms with van der Waals surface area (Å²) in [5, 5.41) is 0. The van der Waals surface area contributed by atoms with Gasteiger partial charge >= 0.3 is 0 Å². The highest BCUT2D eigenvalue weighted by Crippen LogP contribution is 2.21. The molecule has 0 amide bonds. The minimum absolute atomic E-state index is 0. The molecule has 1 aliphatic heterocycles. The molecule has 0 radical (unpaired) electrons. The Labute approximate surface area is 111 Å². The van der Waals surface area contributed by atoms with Crippen LogP contribution in [0.15, 0.2) is 24.3 Å². The van der Waals surface area contributed by atoms with Crippen LogP contribution in [0.25, 0.3) is 0 Å². The molecular weight excluding hydrogens is 230 g/mol. The first-order valence-corrected chi connectivity index (χ1v) is 6.25. The molecule has 0 unspecified atom stereocenters. The Kier molecular flexibility index (Phi) is 4.76. The van der Waals surface area contributed by atoms with Crippen molar-refractivity contribution in [1.82, 2.24) is 0 Å². The van der Waals surface area contributed by atoms with E-state index in [-0.39, 0.29) is 17.8 Å². The molecule has 1 aliphatic rings. The van der Waals surface area contributed by atoms with Crippen molar-refractivity contribution in [2.75, 3.05) is 13.1 Å². The first-order chi connectivity index (χ1) is 7.55. The second kappa shape index (κ2) is 5.68. The third kappa shape index (κ3) is 3.85. The number of halogens is 1. The van der Waals surface area contributed by atoms with E-state index in [1.807, 2.05) is 0 Å². The van der Waals surface area contributed by atoms with E-state index in [0.717, 1.165) is 0 Å². The quantitative estimate of drug-likeness (QED) is 0.628. The third-order valence-corrected chi connectivity index (χ3v) is 3.25. The second-order valence-corrected chi connectivity index (χ2v) is 5.74. The Balaban J connectivity index is 0.00000144. The molecule has 1 saturated heterocycles. The fourth-order valence-electron chi connectivity index (χ4n) is 2.15. The molecule has 0 N–H and O–H groups in total. The smallest absolute Gasteiger partial charge is 0.170 e. The van der Waals surface area contributed by atoms with Crippen molar-refractivity contribution in [3.63, 3.8) is 0 Å². The summed E-state index contributed by atoms with van der Waals surface area (Å²) in [5.41, 5.74) is 2.99. The van der Waals surface area contributed by atoms with Crippen molar-refractivity contribution < 1.29 is 17.0 Å². The maximum absolute atomic E-state index is 2.42. The molecule has 1 nitrogen and oxygen atoms in total. The van der Waals surface area contributed by atoms with Crippen LogP contribution < -0.4 is 12.4 Å². The minimum Gasteiger partial charge on any atom is -1.00 e. The van der Waals surface area contributed by atoms with E-state index in [1.54, 1.807) is 0 Å². The standard InChI is InChI=1S/C15H22N.ClH/c1-15(2,3)14-8-6-13(7-9-14)12-16-10-4-5-11-16;/h6-9,12H,4-5,10-11H2,1-3H3;1H/q+1;/p-1. The fraction of sp³-hybridized carbons (Fsp3) is 0.533. The van der Waals surface area contributed by atoms with E-state index in [0.29, 0.717) is 0 Å². The number of hydrogen-bond acceptors (Lipinski definition) is 0. The van der Waals surface area contributed by atoms with Crippen LogP contribution in [-0.2, 0) is 5.41 Å². The van der Waals surface area contributed by atoms with Crippen LogP contribution in [0.1, 0.15) is 44.7 Å². The summed E-state index contributed by atoms with van der Waals surface area (Å²) in [5.74, 6) is 0. The van der Waals surface area contributed by atoms with E-state index in [9.17, 15) is 0 Å². The lowest BCUT2D eigenvalue weighted by Crippen LogP contribution is -3.00. The van der Waals surface area contributed by atoms with Crippen molar-refractivity contribution in [3.05, 3.63) is 35.4 Å². The van der Waals surface area contributed by atoms with Crippen LogP contribution in [0.4, 0.5) is 0 Å². The second-order valence-electron chi connectivity index (χ2n) is 5.74. The normalized spacial score (nSPS) is 15.6. The first kappa shape index (κ1) is 14.2. The number of hydrogen-bond donors (Lipinski definition) is 0. The van der Waals surface area contributed by atoms with Gasteiger partial charge in [-0.1, -0.05) is 32.9 Å². The Morgan fingerprint density at radius 2 is 1.53 bits per heavy atom. The maximum Gasteiger partial charge on any atom is 0.170 e. The predicted octanol–water partition coefficient (Wildman–Crippen LogP) is 0.213. The molecule has 1 aromatic carbocycles. The van der Waals surface area contributed by atoms with Gasteiger partial charge in [-0.2, -0.15) is 0 Å². The maximum atomic E-state index is 2.42. The summed E-state index contributed by atoms with van der Waals surface area (Å²) < 4.78 is 2.42. The summed E-state index contributed by atoms with van der Waals surface area (Å²) in [7, 11) is 0. The molecule has 0 bridgehead atoms. The molecule has 17 heavy (non-hydrogen) atoms. The molecule has 1 fully saturated rings. The summed E-state index contributed by atoms with van der Waals surface area (Å²) >= 11 is 0. The monoisotopic (exact) mass is 251 g/mol. The van der Waals surface area contributed by atoms with Crippen LogP contribution in [0, 0.1) is 0 Å². The summed E-state index contributed by atoms with van der Waals surface area (Å²) in [6.45, 7) is 9.21. The van der Waals surface area contributed by atoms with Crippen LogP contribution in [-0.4, -0.2) is 23.9 Å². The molecule has 2 rings (SSSR count). The molecule has 0 saturated carbocycles. The molecule has 0 atom stereocenters. The van der Waals surface area contributed by atoms with Crippen molar-refractivity contribution in [1.29, 1.82) is 0 Å². The highest BCUT2D eigenvalue weighted by molar-refractivity contribution is 5.75. The van der Waals surface area contributed by atoms with Gasteiger partial charge in [0.2, 0.25) is 0 Å². The lowest BCUT2D eigenvalue weighted by Gasteiger charge is -2.18. The van der Waals surface area contributed by atoms with Gasteiger partial charge in [-0.05, 0) is 23.1 Å². The van der Waals surface area contributed by atoms with Crippen molar-refractivity contribution >= 4 is 6.21 Å². The van der Waals surface area contributed by atoms with E-state index in [2.05, 4.69) is 55.8 Å². The largest absolute Gasteiger partial charge is 1.00 e. The van der Waals surface area contributed by atoms with E-state index < -0.39 is 0 Å². The Hall–Kier alpha value is -0.820. The zero-order chi connectivity index (χ0) is 11.6. The lowest BCUT2D eigenvalue weighted by atomic mass is 9.87. The molecule has 1 aromatic rings. The van der Waals surface area contributed by atoms with E-state index in [1.165, 1.54) is 37.1 Å². The van der Waals surface area contributed by atoms with Crippen molar-refractivity contribution in [2.45, 2.75) is 39.0 Å². The minimum atomic E-state index is 0. The summed E-state index contributed by atoms with van der Waals surface area (Å²) in [4.78, 5) is 0. The van der Waals surface area contributed by atoms with Gasteiger partial charge < -0.3 is 12.4 Å². The molecule has 2 heteroatoms. The van der Waals surface area contributed by atoms with Gasteiger partial charge in [0, 0.05) is 18.4 Å². The molecule has 1 heterocycles. The van der Waals surface area contributed by atoms with Crippen molar-refractivity contribution in [2.24, 2.45) is 0 Å². The van der Waals surface area contributed by atoms with Gasteiger partial charge in [-0.15, -0.1) is 0 Å². The first-order valence-electron chi connectivity index (χ1n) is 6.25. The fourth-order valence-corrected chi connectivity index (χ4v) is 2.15. The predicted molar refractivity (Wildman–Crippen MR) is 69.5 cm³/mol. The summed E-state index contributed by atoms with van der Waals surface area (Å²) in [6.07, 6.45) is 4.98. The number of rotatable bonds is 1. The SMILES string of the molecule is CC(C)(C)c1ccc(C=[N+]2CCCC2)cc1.[Cl-]. The highest BCUT2D eigenvalue weighted by Gasteiger charge is 2.14. The average Bonchev–Trinajstić information content (AvgIpc) is 2.70. The third-order valence-electron chi connectivity index (χ3n) is 3.25. The van der Waals surface area contributed by atoms with Gasteiger partial charge in [-0.25, -0.2) is 4.58 Å². The lowest BCUT2D eigenvalue weighted by molar-refractivity contribution is -0.500. The molecular formula is C15H22ClN. The van der Waals surface area contributed by atoms with Crippen LogP contribution in [0.3, 0.4) is 0 Å². The van der Waals surface area contributed by atoms with E-state index in [4.69, 9.17) is 0 Å². The zero-order valence-electron chi connectivity index (χ0n) is 11.0. The van der Waals surface area contributed by atoms with Crippen LogP contribution >= 0.6 is 0 Å². The van der Waals surface area contributed by atoms with Gasteiger partial charge in [0.25, 0.3) is 0 Å². The van der Waals surface area contributed by atoms with Crippen LogP contribution in [0.5, 0.6) is 0 Å². The molecule has 0 aromatic heterocycles.